The molecule has 1 N–H and O–H groups in total. The second kappa shape index (κ2) is 6.99. The molecule has 2 aromatic rings. The first-order chi connectivity index (χ1) is 13.3. The lowest BCUT2D eigenvalue weighted by Gasteiger charge is -2.34. The normalized spacial score (nSPS) is 26.6. The summed E-state index contributed by atoms with van der Waals surface area (Å²) in [5.74, 6) is 1.21. The van der Waals surface area contributed by atoms with Gasteiger partial charge in [0.05, 0.1) is 10.7 Å². The maximum absolute atomic E-state index is 12.5. The number of ether oxygens (including phenoxy) is 1. The highest BCUT2D eigenvalue weighted by atomic mass is 32.1. The minimum Gasteiger partial charge on any atom is -0.487 e. The molecule has 0 aliphatic heterocycles. The number of hydrazone groups is 1. The largest absolute Gasteiger partial charge is 0.487 e. The zero-order valence-electron chi connectivity index (χ0n) is 16.9. The van der Waals surface area contributed by atoms with E-state index in [9.17, 15) is 4.79 Å². The van der Waals surface area contributed by atoms with Crippen LogP contribution in [-0.2, 0) is 6.61 Å². The summed E-state index contributed by atoms with van der Waals surface area (Å²) in [5, 5.41) is 7.55. The van der Waals surface area contributed by atoms with Crippen molar-refractivity contribution in [2.24, 2.45) is 21.8 Å². The minimum atomic E-state index is -0.182. The van der Waals surface area contributed by atoms with E-state index in [1.807, 2.05) is 24.4 Å². The third-order valence-corrected chi connectivity index (χ3v) is 7.80. The third-order valence-electron chi connectivity index (χ3n) is 6.97. The number of hydrogen-bond acceptors (Lipinski definition) is 5. The van der Waals surface area contributed by atoms with E-state index in [1.165, 1.54) is 6.42 Å². The van der Waals surface area contributed by atoms with Crippen LogP contribution in [0.1, 0.15) is 61.1 Å². The van der Waals surface area contributed by atoms with Gasteiger partial charge in [0.2, 0.25) is 0 Å². The predicted octanol–water partition coefficient (Wildman–Crippen LogP) is 4.96. The summed E-state index contributed by atoms with van der Waals surface area (Å²) in [7, 11) is 0. The van der Waals surface area contributed by atoms with Gasteiger partial charge in [-0.25, -0.2) is 10.4 Å². The Bertz CT molecular complexity index is 916. The summed E-state index contributed by atoms with van der Waals surface area (Å²) < 4.78 is 5.74. The number of thiazole rings is 1. The number of carbonyl (C=O) groups is 1. The summed E-state index contributed by atoms with van der Waals surface area (Å²) in [4.78, 5) is 16.9. The SMILES string of the molecule is Cc1nc(COc2ccc(C(=O)N/N=C3/C[C@@H]4CC[C@]3(C)C4(C)C)cc2)cs1. The molecule has 2 aliphatic carbocycles. The number of hydrogen-bond donors (Lipinski definition) is 1. The molecule has 1 heterocycles. The molecule has 2 fully saturated rings. The van der Waals surface area contributed by atoms with Gasteiger partial charge in [0, 0.05) is 22.1 Å². The molecule has 5 nitrogen and oxygen atoms in total. The van der Waals surface area contributed by atoms with E-state index in [0.29, 0.717) is 18.1 Å². The Kier molecular flexibility index (Phi) is 4.78. The lowest BCUT2D eigenvalue weighted by Crippen LogP contribution is -2.34. The van der Waals surface area contributed by atoms with Crippen LogP contribution in [0.2, 0.25) is 0 Å². The van der Waals surface area contributed by atoms with Gasteiger partial charge in [-0.3, -0.25) is 4.79 Å². The van der Waals surface area contributed by atoms with E-state index in [1.54, 1.807) is 23.5 Å². The molecule has 0 spiro atoms. The van der Waals surface area contributed by atoms with Crippen molar-refractivity contribution < 1.29 is 9.53 Å². The number of aromatic nitrogens is 1. The average Bonchev–Trinajstić information content (AvgIpc) is 3.25. The highest BCUT2D eigenvalue weighted by molar-refractivity contribution is 7.09. The molecule has 6 heteroatoms. The van der Waals surface area contributed by atoms with Crippen LogP contribution < -0.4 is 10.2 Å². The van der Waals surface area contributed by atoms with Crippen molar-refractivity contribution in [3.63, 3.8) is 0 Å². The van der Waals surface area contributed by atoms with Gasteiger partial charge in [-0.1, -0.05) is 20.8 Å². The van der Waals surface area contributed by atoms with Crippen molar-refractivity contribution in [1.29, 1.82) is 0 Å². The van der Waals surface area contributed by atoms with Crippen molar-refractivity contribution in [3.05, 3.63) is 45.9 Å². The Morgan fingerprint density at radius 2 is 2.07 bits per heavy atom. The first-order valence-corrected chi connectivity index (χ1v) is 10.7. The van der Waals surface area contributed by atoms with Crippen LogP contribution >= 0.6 is 11.3 Å². The Morgan fingerprint density at radius 1 is 1.32 bits per heavy atom. The van der Waals surface area contributed by atoms with Crippen LogP contribution in [0.3, 0.4) is 0 Å². The highest BCUT2D eigenvalue weighted by Crippen LogP contribution is 2.63. The van der Waals surface area contributed by atoms with Crippen molar-refractivity contribution in [2.75, 3.05) is 0 Å². The maximum Gasteiger partial charge on any atom is 0.271 e. The summed E-state index contributed by atoms with van der Waals surface area (Å²) in [5.41, 5.74) is 5.75. The van der Waals surface area contributed by atoms with E-state index in [-0.39, 0.29) is 16.7 Å². The number of aryl methyl sites for hydroxylation is 1. The van der Waals surface area contributed by atoms with Crippen LogP contribution in [0.25, 0.3) is 0 Å². The molecule has 2 bridgehead atoms. The quantitative estimate of drug-likeness (QED) is 0.725. The monoisotopic (exact) mass is 397 g/mol. The van der Waals surface area contributed by atoms with Gasteiger partial charge in [-0.15, -0.1) is 11.3 Å². The third kappa shape index (κ3) is 3.24. The van der Waals surface area contributed by atoms with Crippen molar-refractivity contribution in [2.45, 2.75) is 53.6 Å². The Morgan fingerprint density at radius 3 is 2.64 bits per heavy atom. The fourth-order valence-corrected chi connectivity index (χ4v) is 5.21. The zero-order chi connectivity index (χ0) is 19.9. The second-order valence-corrected chi connectivity index (χ2v) is 9.73. The molecular formula is C22H27N3O2S. The predicted molar refractivity (Wildman–Crippen MR) is 112 cm³/mol. The van der Waals surface area contributed by atoms with E-state index >= 15 is 0 Å². The smallest absolute Gasteiger partial charge is 0.271 e. The van der Waals surface area contributed by atoms with Gasteiger partial charge in [0.1, 0.15) is 12.4 Å². The number of fused-ring (bicyclic) bond motifs is 2. The Balaban J connectivity index is 1.36. The Hall–Kier alpha value is -2.21. The van der Waals surface area contributed by atoms with Gasteiger partial charge >= 0.3 is 0 Å². The number of nitrogens with one attached hydrogen (secondary N) is 1. The van der Waals surface area contributed by atoms with E-state index in [4.69, 9.17) is 4.74 Å². The number of benzene rings is 1. The molecule has 2 atom stereocenters. The van der Waals surface area contributed by atoms with Crippen LogP contribution in [-0.4, -0.2) is 16.6 Å². The summed E-state index contributed by atoms with van der Waals surface area (Å²) >= 11 is 1.61. The Labute approximate surface area is 170 Å². The van der Waals surface area contributed by atoms with Crippen LogP contribution in [0.15, 0.2) is 34.7 Å². The van der Waals surface area contributed by atoms with Gasteiger partial charge in [0.25, 0.3) is 5.91 Å². The number of rotatable bonds is 5. The molecule has 0 saturated heterocycles. The molecule has 0 unspecified atom stereocenters. The fourth-order valence-electron chi connectivity index (χ4n) is 4.61. The first kappa shape index (κ1) is 19.1. The lowest BCUT2D eigenvalue weighted by atomic mass is 9.70. The topological polar surface area (TPSA) is 63.6 Å². The summed E-state index contributed by atoms with van der Waals surface area (Å²) in [6.45, 7) is 9.37. The second-order valence-electron chi connectivity index (χ2n) is 8.66. The van der Waals surface area contributed by atoms with Gasteiger partial charge in [0.15, 0.2) is 0 Å². The molecular weight excluding hydrogens is 370 g/mol. The molecule has 1 aromatic carbocycles. The summed E-state index contributed by atoms with van der Waals surface area (Å²) in [6.07, 6.45) is 3.41. The standard InChI is InChI=1S/C22H27N3O2S/c1-14-23-17(13-28-14)12-27-18-7-5-15(6-8-18)20(26)25-24-19-11-16-9-10-22(19,4)21(16,2)3/h5-8,13,16H,9-12H2,1-4H3,(H,25,26)/b24-19-/t16-,22-/m0/s1. The fraction of sp³-hybridized carbons (Fsp3) is 0.500. The lowest BCUT2D eigenvalue weighted by molar-refractivity contribution is 0.0954. The van der Waals surface area contributed by atoms with Crippen molar-refractivity contribution >= 4 is 23.0 Å². The van der Waals surface area contributed by atoms with Gasteiger partial charge in [-0.2, -0.15) is 5.10 Å². The average molecular weight is 398 g/mol. The molecule has 2 saturated carbocycles. The van der Waals surface area contributed by atoms with Crippen LogP contribution in [0.5, 0.6) is 5.75 Å². The van der Waals surface area contributed by atoms with E-state index in [2.05, 4.69) is 36.3 Å². The molecule has 1 aromatic heterocycles. The molecule has 28 heavy (non-hydrogen) atoms. The van der Waals surface area contributed by atoms with Gasteiger partial charge in [-0.05, 0) is 61.8 Å². The maximum atomic E-state index is 12.5. The first-order valence-electron chi connectivity index (χ1n) is 9.81. The molecule has 0 radical (unpaired) electrons. The zero-order valence-corrected chi connectivity index (χ0v) is 17.7. The molecule has 148 valence electrons. The van der Waals surface area contributed by atoms with Crippen molar-refractivity contribution in [1.82, 2.24) is 10.4 Å². The molecule has 4 rings (SSSR count). The highest BCUT2D eigenvalue weighted by Gasteiger charge is 2.60. The van der Waals surface area contributed by atoms with Crippen LogP contribution in [0.4, 0.5) is 0 Å². The number of amides is 1. The molecule has 2 aliphatic rings. The summed E-state index contributed by atoms with van der Waals surface area (Å²) in [6, 6.07) is 7.15. The van der Waals surface area contributed by atoms with Crippen molar-refractivity contribution in [3.8, 4) is 5.75 Å². The minimum absolute atomic E-state index is 0.0939. The number of carbonyl (C=O) groups excluding carboxylic acids is 1. The van der Waals surface area contributed by atoms with Gasteiger partial charge < -0.3 is 4.74 Å². The van der Waals surface area contributed by atoms with Crippen LogP contribution in [0, 0.1) is 23.7 Å². The molecule has 1 amide bonds. The van der Waals surface area contributed by atoms with E-state index in [0.717, 1.165) is 35.0 Å². The van der Waals surface area contributed by atoms with E-state index < -0.39 is 0 Å². The number of nitrogens with zero attached hydrogens (tertiary/aromatic N) is 2.